The van der Waals surface area contributed by atoms with Crippen molar-refractivity contribution in [1.82, 2.24) is 77.3 Å². The van der Waals surface area contributed by atoms with Gasteiger partial charge in [0.1, 0.15) is 90.0 Å². The van der Waals surface area contributed by atoms with E-state index in [1.165, 1.54) is 83.5 Å². The first-order chi connectivity index (χ1) is 65.1. The number of aliphatic hydroxyl groups is 2. The van der Waals surface area contributed by atoms with Crippen LogP contribution in [0.3, 0.4) is 0 Å². The highest BCUT2D eigenvalue weighted by atomic mass is 32.2. The molecule has 3 aliphatic heterocycles. The number of unbranched alkanes of at least 4 members (excludes halogenated alkanes) is 1. The number of para-hydroxylation sites is 1. The van der Waals surface area contributed by atoms with Crippen LogP contribution in [0.15, 0.2) is 158 Å². The van der Waals surface area contributed by atoms with Gasteiger partial charge in [0.2, 0.25) is 88.6 Å². The van der Waals surface area contributed by atoms with Crippen molar-refractivity contribution in [2.24, 2.45) is 17.6 Å². The number of nitrogens with one attached hydrogen (secondary N) is 10. The number of nitrogens with zero attached hydrogens (tertiary/aromatic N) is 5. The molecular formula is C97H120F2N16O21S. The largest absolute Gasteiger partial charge is 0.508 e. The predicted molar refractivity (Wildman–Crippen MR) is 499 cm³/mol. The molecule has 137 heavy (non-hydrogen) atoms. The van der Waals surface area contributed by atoms with Gasteiger partial charge < -0.3 is 109 Å². The lowest BCUT2D eigenvalue weighted by molar-refractivity contribution is -0.152. The van der Waals surface area contributed by atoms with Crippen molar-refractivity contribution in [3.63, 3.8) is 0 Å². The summed E-state index contributed by atoms with van der Waals surface area (Å²) in [4.78, 5) is 247. The SMILES string of the molecule is CCCC[C@H]1C(=O)N2C[C@@H](O)C[C@@H]2C(=O)N[C@@H](CC(=O)O)C(=O)N[C@@H](C(C)C)C(=O)N(C)[C@@H](Cc2ccccc2)C(=O)N[C@@H](Cc2ccc(O)cc2)C(=O)N2C[C@@H](O)C[C@@H]2C(=O)N[C@@H](Cc2c[nH]c3ccccc23)C(=O)N[C@@H](Cc2ccc(O)cc2)C(=O)N[C@H](CC(C)C)C(=O)N[C@H](C(=O)NCC(N)=O)CSCC(=O)N[C@H](Cc2ccc(F)c(F)c2)C(=O)N(C)[C@@H](Cc2ccccc2)C(=O)N1C. The molecule has 0 aliphatic carbocycles. The number of rotatable bonds is 23. The molecule has 10 rings (SSSR count). The number of hydrogen-bond acceptors (Lipinski definition) is 21. The summed E-state index contributed by atoms with van der Waals surface area (Å²) in [5, 5.41) is 78.7. The molecule has 7 aromatic rings. The number of phenols is 2. The van der Waals surface area contributed by atoms with Gasteiger partial charge >= 0.3 is 5.97 Å². The minimum absolute atomic E-state index is 0.0292. The molecular weight excluding hydrogens is 1800 g/mol. The summed E-state index contributed by atoms with van der Waals surface area (Å²) in [5.41, 5.74) is 8.11. The van der Waals surface area contributed by atoms with E-state index in [1.54, 1.807) is 112 Å². The number of carboxylic acid groups (broad SMARTS) is 1. The molecule has 0 bridgehead atoms. The number of likely N-dealkylation sites (N-methyl/N-ethyl adjacent to an activating group) is 3. The zero-order valence-corrected chi connectivity index (χ0v) is 78.1. The number of aromatic amines is 1. The molecule has 3 aliphatic rings. The summed E-state index contributed by atoms with van der Waals surface area (Å²) >= 11 is 0.707. The van der Waals surface area contributed by atoms with Crippen LogP contribution in [0.25, 0.3) is 10.9 Å². The molecule has 0 radical (unpaired) electrons. The van der Waals surface area contributed by atoms with E-state index in [4.69, 9.17) is 5.73 Å². The number of carbonyl (C=O) groups excluding carboxylic acids is 15. The summed E-state index contributed by atoms with van der Waals surface area (Å²) in [6.07, 6.45) is -5.16. The van der Waals surface area contributed by atoms with E-state index in [0.717, 1.165) is 42.7 Å². The predicted octanol–water partition coefficient (Wildman–Crippen LogP) is 1.61. The third-order valence-electron chi connectivity index (χ3n) is 24.4. The molecule has 0 saturated carbocycles. The van der Waals surface area contributed by atoms with Gasteiger partial charge in [-0.25, -0.2) is 8.78 Å². The van der Waals surface area contributed by atoms with Crippen LogP contribution in [0.4, 0.5) is 8.78 Å². The van der Waals surface area contributed by atoms with Crippen molar-refractivity contribution >= 4 is 117 Å². The van der Waals surface area contributed by atoms with Gasteiger partial charge in [0.25, 0.3) is 0 Å². The second-order valence-electron chi connectivity index (χ2n) is 35.6. The molecule has 3 saturated heterocycles. The number of carboxylic acids is 1. The highest BCUT2D eigenvalue weighted by Gasteiger charge is 2.48. The highest BCUT2D eigenvalue weighted by molar-refractivity contribution is 8.00. The van der Waals surface area contributed by atoms with Crippen molar-refractivity contribution < 1.29 is 111 Å². The smallest absolute Gasteiger partial charge is 0.305 e. The zero-order chi connectivity index (χ0) is 99.8. The summed E-state index contributed by atoms with van der Waals surface area (Å²) in [6.45, 7) is 6.40. The molecule has 1 aromatic heterocycles. The summed E-state index contributed by atoms with van der Waals surface area (Å²) in [6, 6.07) is 15.6. The third kappa shape index (κ3) is 29.1. The molecule has 17 N–H and O–H groups in total. The van der Waals surface area contributed by atoms with Gasteiger partial charge in [-0.3, -0.25) is 76.7 Å². The van der Waals surface area contributed by atoms with Crippen molar-refractivity contribution in [2.45, 2.75) is 209 Å². The topological polar surface area (TPSA) is 541 Å². The number of nitrogens with two attached hydrogens (primary N) is 1. The second kappa shape index (κ2) is 49.0. The lowest BCUT2D eigenvalue weighted by Crippen LogP contribution is -2.62. The van der Waals surface area contributed by atoms with Crippen LogP contribution in [0.2, 0.25) is 0 Å². The minimum Gasteiger partial charge on any atom is -0.508 e. The normalized spacial score (nSPS) is 24.3. The average Bonchev–Trinajstić information content (AvgIpc) is 1.72. The number of phenolic OH excluding ortho intramolecular Hbond substituents is 2. The summed E-state index contributed by atoms with van der Waals surface area (Å²) < 4.78 is 29.9. The lowest BCUT2D eigenvalue weighted by atomic mass is 9.98. The number of aromatic hydroxyl groups is 2. The monoisotopic (exact) mass is 1910 g/mol. The van der Waals surface area contributed by atoms with E-state index in [-0.39, 0.29) is 68.4 Å². The number of H-pyrrole nitrogens is 1. The number of hydrogen-bond donors (Lipinski definition) is 16. The Bertz CT molecular complexity index is 5490. The van der Waals surface area contributed by atoms with Crippen LogP contribution in [0, 0.1) is 23.5 Å². The molecule has 3 fully saturated rings. The number of thioether (sulfide) groups is 1. The number of aliphatic carboxylic acids is 1. The van der Waals surface area contributed by atoms with Gasteiger partial charge in [-0.05, 0) is 101 Å². The standard InChI is InChI=1S/C97H120F2N16O21S/c1-9-10-25-76-96(135)115-50-64(119)45-79(115)92(131)107-72(46-83(122)123)89(128)110-84(54(4)5)97(136)112(7)77(41-55-19-13-11-14-20-55)90(129)108-74(39-58-28-33-62(117)34-29-58)94(133)114-49-63(118)44-78(114)91(130)106-71(43-60-47-101-68-24-18-17-23-65(60)68)88(127)105-70(38-57-26-31-61(116)32-27-57)87(126)104-69(36-53(2)3)86(125)109-75(85(124)102-48-81(100)120)51-137-52-82(121)103-73(40-59-30-35-66(98)67(99)37-59)93(132)113(8)80(95(134)111(76)6)42-56-21-15-12-16-22-56/h11-24,26-35,37,47,53-54,63-64,69-80,84,101,116-119H,9-10,25,36,38-46,48-52H2,1-8H3,(H2,100,120)(H,102,124)(H,103,121)(H,104,126)(H,105,127)(H,106,130)(H,107,131)(H,108,129)(H,109,125)(H,110,128)(H,122,123)/t63-,64-,69+,70-,71-,72-,73+,74-,75-,76-,77-,78+,79+,80-,84-/m0/s1. The van der Waals surface area contributed by atoms with Crippen LogP contribution in [0.1, 0.15) is 113 Å². The lowest BCUT2D eigenvalue weighted by Gasteiger charge is -2.38. The molecule has 37 nitrogen and oxygen atoms in total. The van der Waals surface area contributed by atoms with E-state index in [2.05, 4.69) is 52.8 Å². The number of aliphatic hydroxyl groups excluding tert-OH is 2. The van der Waals surface area contributed by atoms with Gasteiger partial charge in [0.15, 0.2) is 11.6 Å². The minimum atomic E-state index is -2.04. The molecule has 15 atom stereocenters. The fourth-order valence-electron chi connectivity index (χ4n) is 17.0. The summed E-state index contributed by atoms with van der Waals surface area (Å²) in [7, 11) is 3.74. The molecule has 0 spiro atoms. The molecule has 0 unspecified atom stereocenters. The summed E-state index contributed by atoms with van der Waals surface area (Å²) in [5.74, 6) is -22.2. The van der Waals surface area contributed by atoms with E-state index in [1.807, 2.05) is 0 Å². The number of fused-ring (bicyclic) bond motifs is 3. The molecule has 734 valence electrons. The maximum Gasteiger partial charge on any atom is 0.305 e. The number of amides is 15. The number of carbonyl (C=O) groups is 16. The number of benzene rings is 6. The Morgan fingerprint density at radius 3 is 1.53 bits per heavy atom. The van der Waals surface area contributed by atoms with Crippen LogP contribution in [-0.2, 0) is 115 Å². The third-order valence-corrected chi connectivity index (χ3v) is 25.4. The van der Waals surface area contributed by atoms with Crippen LogP contribution >= 0.6 is 11.8 Å². The van der Waals surface area contributed by atoms with Crippen LogP contribution < -0.4 is 53.6 Å². The van der Waals surface area contributed by atoms with E-state index in [0.29, 0.717) is 56.9 Å². The van der Waals surface area contributed by atoms with Gasteiger partial charge in [-0.2, -0.15) is 0 Å². The number of halogens is 2. The van der Waals surface area contributed by atoms with E-state index >= 15 is 52.3 Å². The van der Waals surface area contributed by atoms with Crippen molar-refractivity contribution in [1.29, 1.82) is 0 Å². The number of primary amides is 1. The van der Waals surface area contributed by atoms with E-state index < -0.39 is 266 Å². The van der Waals surface area contributed by atoms with Gasteiger partial charge in [-0.15, -0.1) is 11.8 Å². The molecule has 4 heterocycles. The van der Waals surface area contributed by atoms with Crippen LogP contribution in [0.5, 0.6) is 11.5 Å². The Balaban J connectivity index is 1.07. The first kappa shape index (κ1) is 105. The van der Waals surface area contributed by atoms with Gasteiger partial charge in [0, 0.05) is 108 Å². The Morgan fingerprint density at radius 1 is 0.489 bits per heavy atom. The number of aromatic nitrogens is 1. The quantitative estimate of drug-likeness (QED) is 0.0432. The van der Waals surface area contributed by atoms with Crippen LogP contribution in [-0.4, -0.2) is 293 Å². The Morgan fingerprint density at radius 2 is 0.964 bits per heavy atom. The molecule has 6 aromatic carbocycles. The second-order valence-corrected chi connectivity index (χ2v) is 36.6. The fraction of sp³-hybridized carbons (Fsp3) is 0.443. The molecule has 15 amide bonds. The highest BCUT2D eigenvalue weighted by Crippen LogP contribution is 2.29. The average molecular weight is 1920 g/mol. The fourth-order valence-corrected chi connectivity index (χ4v) is 17.8. The van der Waals surface area contributed by atoms with Crippen molar-refractivity contribution in [3.8, 4) is 11.5 Å². The zero-order valence-electron chi connectivity index (χ0n) is 77.3. The van der Waals surface area contributed by atoms with Gasteiger partial charge in [0.05, 0.1) is 30.9 Å². The van der Waals surface area contributed by atoms with Crippen molar-refractivity contribution in [3.05, 3.63) is 203 Å². The van der Waals surface area contributed by atoms with E-state index in [9.17, 15) is 58.7 Å². The first-order valence-corrected chi connectivity index (χ1v) is 46.5. The van der Waals surface area contributed by atoms with Gasteiger partial charge in [-0.1, -0.05) is 157 Å². The molecule has 40 heteroatoms. The Hall–Kier alpha value is -13.9. The Kier molecular flexibility index (Phi) is 37.6. The maximum absolute atomic E-state index is 15.8. The Labute approximate surface area is 794 Å². The van der Waals surface area contributed by atoms with Crippen molar-refractivity contribution in [2.75, 3.05) is 52.3 Å². The first-order valence-electron chi connectivity index (χ1n) is 45.3. The maximum atomic E-state index is 15.8.